The van der Waals surface area contributed by atoms with Gasteiger partial charge in [-0.2, -0.15) is 0 Å². The SMILES string of the molecule is CCCCCCCCCCCC/C=C(/CCCCCCCCCCCCCCCCCCCCCC)C(=O)O. The van der Waals surface area contributed by atoms with Gasteiger partial charge in [0.05, 0.1) is 0 Å². The van der Waals surface area contributed by atoms with E-state index in [9.17, 15) is 9.90 Å². The highest BCUT2D eigenvalue weighted by atomic mass is 16.4. The number of allylic oxidation sites excluding steroid dienone is 1. The molecule has 2 nitrogen and oxygen atoms in total. The molecule has 232 valence electrons. The van der Waals surface area contributed by atoms with Gasteiger partial charge in [-0.1, -0.05) is 200 Å². The minimum atomic E-state index is -0.695. The molecule has 39 heavy (non-hydrogen) atoms. The van der Waals surface area contributed by atoms with Crippen LogP contribution in [-0.2, 0) is 4.79 Å². The predicted octanol–water partition coefficient (Wildman–Crippen LogP) is 13.5. The maximum Gasteiger partial charge on any atom is 0.331 e. The summed E-state index contributed by atoms with van der Waals surface area (Å²) in [6.45, 7) is 4.56. The van der Waals surface area contributed by atoms with Gasteiger partial charge in [-0.05, 0) is 25.7 Å². The fourth-order valence-electron chi connectivity index (χ4n) is 5.78. The largest absolute Gasteiger partial charge is 0.478 e. The molecular weight excluding hydrogens is 476 g/mol. The lowest BCUT2D eigenvalue weighted by atomic mass is 10.0. The molecule has 0 bridgehead atoms. The molecule has 0 aliphatic rings. The van der Waals surface area contributed by atoms with Crippen LogP contribution in [0.4, 0.5) is 0 Å². The molecule has 0 saturated heterocycles. The van der Waals surface area contributed by atoms with Crippen molar-refractivity contribution in [1.82, 2.24) is 0 Å². The highest BCUT2D eigenvalue weighted by molar-refractivity contribution is 5.86. The summed E-state index contributed by atoms with van der Waals surface area (Å²) in [5, 5.41) is 9.53. The first-order valence-electron chi connectivity index (χ1n) is 18.1. The molecule has 2 heteroatoms. The van der Waals surface area contributed by atoms with Gasteiger partial charge in [0.2, 0.25) is 0 Å². The van der Waals surface area contributed by atoms with Crippen molar-refractivity contribution in [3.8, 4) is 0 Å². The molecule has 0 atom stereocenters. The van der Waals surface area contributed by atoms with Gasteiger partial charge in [0.25, 0.3) is 0 Å². The van der Waals surface area contributed by atoms with Crippen LogP contribution >= 0.6 is 0 Å². The van der Waals surface area contributed by atoms with E-state index in [-0.39, 0.29) is 0 Å². The predicted molar refractivity (Wildman–Crippen MR) is 175 cm³/mol. The number of aliphatic carboxylic acids is 1. The summed E-state index contributed by atoms with van der Waals surface area (Å²) >= 11 is 0. The van der Waals surface area contributed by atoms with Crippen LogP contribution < -0.4 is 0 Å². The first-order chi connectivity index (χ1) is 19.2. The first-order valence-corrected chi connectivity index (χ1v) is 18.1. The van der Waals surface area contributed by atoms with Gasteiger partial charge in [0.1, 0.15) is 0 Å². The molecule has 0 amide bonds. The number of rotatable bonds is 33. The molecule has 0 rings (SSSR count). The third-order valence-electron chi connectivity index (χ3n) is 8.52. The minimum absolute atomic E-state index is 0.660. The summed E-state index contributed by atoms with van der Waals surface area (Å²) in [6, 6.07) is 0. The van der Waals surface area contributed by atoms with Crippen LogP contribution in [0.1, 0.15) is 219 Å². The van der Waals surface area contributed by atoms with Gasteiger partial charge < -0.3 is 5.11 Å². The third-order valence-corrected chi connectivity index (χ3v) is 8.52. The van der Waals surface area contributed by atoms with Crippen LogP contribution in [0.5, 0.6) is 0 Å². The number of carbonyl (C=O) groups is 1. The number of carboxylic acids is 1. The highest BCUT2D eigenvalue weighted by Crippen LogP contribution is 2.17. The molecule has 0 aromatic carbocycles. The summed E-state index contributed by atoms with van der Waals surface area (Å²) in [6.07, 6.45) is 44.7. The smallest absolute Gasteiger partial charge is 0.331 e. The Kier molecular flexibility index (Phi) is 32.7. The van der Waals surface area contributed by atoms with E-state index in [2.05, 4.69) is 13.8 Å². The van der Waals surface area contributed by atoms with Gasteiger partial charge in [-0.25, -0.2) is 4.79 Å². The Morgan fingerprint density at radius 1 is 0.410 bits per heavy atom. The van der Waals surface area contributed by atoms with E-state index in [0.29, 0.717) is 5.57 Å². The van der Waals surface area contributed by atoms with Crippen molar-refractivity contribution >= 4 is 5.97 Å². The van der Waals surface area contributed by atoms with E-state index < -0.39 is 5.97 Å². The van der Waals surface area contributed by atoms with Crippen molar-refractivity contribution in [2.75, 3.05) is 0 Å². The third kappa shape index (κ3) is 31.6. The lowest BCUT2D eigenvalue weighted by Gasteiger charge is -2.05. The molecule has 0 unspecified atom stereocenters. The molecule has 0 fully saturated rings. The normalized spacial score (nSPS) is 11.9. The number of hydrogen-bond acceptors (Lipinski definition) is 1. The van der Waals surface area contributed by atoms with Crippen molar-refractivity contribution in [1.29, 1.82) is 0 Å². The van der Waals surface area contributed by atoms with Crippen LogP contribution in [0, 0.1) is 0 Å². The van der Waals surface area contributed by atoms with Crippen molar-refractivity contribution in [2.24, 2.45) is 0 Å². The van der Waals surface area contributed by atoms with Crippen molar-refractivity contribution in [3.63, 3.8) is 0 Å². The molecule has 0 aliphatic heterocycles. The molecule has 0 aliphatic carbocycles. The van der Waals surface area contributed by atoms with Crippen LogP contribution in [0.15, 0.2) is 11.6 Å². The Balaban J connectivity index is 3.41. The van der Waals surface area contributed by atoms with E-state index >= 15 is 0 Å². The molecule has 0 saturated carbocycles. The number of unbranched alkanes of at least 4 members (excludes halogenated alkanes) is 29. The Labute approximate surface area is 246 Å². The summed E-state index contributed by atoms with van der Waals surface area (Å²) in [5.74, 6) is -0.695. The van der Waals surface area contributed by atoms with E-state index in [1.807, 2.05) is 6.08 Å². The van der Waals surface area contributed by atoms with Gasteiger partial charge in [-0.15, -0.1) is 0 Å². The van der Waals surface area contributed by atoms with E-state index in [0.717, 1.165) is 25.7 Å². The van der Waals surface area contributed by atoms with Gasteiger partial charge >= 0.3 is 5.97 Å². The van der Waals surface area contributed by atoms with Crippen molar-refractivity contribution in [3.05, 3.63) is 11.6 Å². The van der Waals surface area contributed by atoms with Crippen LogP contribution in [0.3, 0.4) is 0 Å². The average Bonchev–Trinajstić information content (AvgIpc) is 2.93. The zero-order valence-corrected chi connectivity index (χ0v) is 27.1. The fourth-order valence-corrected chi connectivity index (χ4v) is 5.78. The summed E-state index contributed by atoms with van der Waals surface area (Å²) in [4.78, 5) is 11.6. The van der Waals surface area contributed by atoms with E-state index in [1.165, 1.54) is 180 Å². The van der Waals surface area contributed by atoms with Crippen molar-refractivity contribution in [2.45, 2.75) is 219 Å². The first kappa shape index (κ1) is 38.2. The average molecular weight is 549 g/mol. The molecule has 0 aromatic rings. The van der Waals surface area contributed by atoms with E-state index in [1.54, 1.807) is 0 Å². The number of hydrogen-bond donors (Lipinski definition) is 1. The molecular formula is C37H72O2. The lowest BCUT2D eigenvalue weighted by molar-refractivity contribution is -0.132. The quantitative estimate of drug-likeness (QED) is 0.0654. The summed E-state index contributed by atoms with van der Waals surface area (Å²) < 4.78 is 0. The van der Waals surface area contributed by atoms with Gasteiger partial charge in [0, 0.05) is 5.57 Å². The second-order valence-electron chi connectivity index (χ2n) is 12.5. The maximum atomic E-state index is 11.6. The van der Waals surface area contributed by atoms with E-state index in [4.69, 9.17) is 0 Å². The maximum absolute atomic E-state index is 11.6. The van der Waals surface area contributed by atoms with Gasteiger partial charge in [-0.3, -0.25) is 0 Å². The second-order valence-corrected chi connectivity index (χ2v) is 12.5. The Hall–Kier alpha value is -0.790. The summed E-state index contributed by atoms with van der Waals surface area (Å²) in [5.41, 5.74) is 0.660. The Morgan fingerprint density at radius 2 is 0.667 bits per heavy atom. The van der Waals surface area contributed by atoms with Crippen molar-refractivity contribution < 1.29 is 9.90 Å². The Morgan fingerprint density at radius 3 is 0.949 bits per heavy atom. The second kappa shape index (κ2) is 33.4. The van der Waals surface area contributed by atoms with Crippen LogP contribution in [-0.4, -0.2) is 11.1 Å². The topological polar surface area (TPSA) is 37.3 Å². The standard InChI is InChI=1S/C37H72O2/c1-3-5-7-9-11-13-15-16-17-18-19-20-21-22-23-25-27-29-31-33-35-36(37(38)39)34-32-30-28-26-24-14-12-10-8-6-4-2/h34H,3-33,35H2,1-2H3,(H,38,39)/b36-34-. The lowest BCUT2D eigenvalue weighted by Crippen LogP contribution is -2.00. The Bertz CT molecular complexity index is 510. The monoisotopic (exact) mass is 549 g/mol. The zero-order valence-electron chi connectivity index (χ0n) is 27.1. The zero-order chi connectivity index (χ0) is 28.5. The molecule has 0 heterocycles. The molecule has 0 radical (unpaired) electrons. The molecule has 1 N–H and O–H groups in total. The molecule has 0 aromatic heterocycles. The van der Waals surface area contributed by atoms with Gasteiger partial charge in [0.15, 0.2) is 0 Å². The minimum Gasteiger partial charge on any atom is -0.478 e. The summed E-state index contributed by atoms with van der Waals surface area (Å²) in [7, 11) is 0. The highest BCUT2D eigenvalue weighted by Gasteiger charge is 2.06. The van der Waals surface area contributed by atoms with Crippen LogP contribution in [0.25, 0.3) is 0 Å². The number of carboxylic acid groups (broad SMARTS) is 1. The molecule has 0 spiro atoms. The van der Waals surface area contributed by atoms with Crippen LogP contribution in [0.2, 0.25) is 0 Å². The fraction of sp³-hybridized carbons (Fsp3) is 0.919.